The SMILES string of the molecule is Cc1nn(C)c(Cl)c1S(=O)(=O)NC1CNCC(C(=O)NCC(c2ccccc2)c2ccccc2)C1. The zero-order chi connectivity index (χ0) is 25.0. The number of nitrogens with one attached hydrogen (secondary N) is 3. The molecule has 1 amide bonds. The Hall–Kier alpha value is -2.72. The third kappa shape index (κ3) is 5.92. The van der Waals surface area contributed by atoms with E-state index in [0.29, 0.717) is 31.7 Å². The van der Waals surface area contributed by atoms with Crippen LogP contribution in [-0.4, -0.2) is 49.8 Å². The molecule has 1 aromatic heterocycles. The lowest BCUT2D eigenvalue weighted by molar-refractivity contribution is -0.125. The molecule has 4 rings (SSSR count). The molecule has 1 saturated heterocycles. The van der Waals surface area contributed by atoms with Crippen LogP contribution in [0.3, 0.4) is 0 Å². The molecule has 3 N–H and O–H groups in total. The van der Waals surface area contributed by atoms with Crippen molar-refractivity contribution < 1.29 is 13.2 Å². The topological polar surface area (TPSA) is 105 Å². The zero-order valence-corrected chi connectivity index (χ0v) is 21.3. The largest absolute Gasteiger partial charge is 0.355 e. The van der Waals surface area contributed by atoms with Crippen molar-refractivity contribution in [1.29, 1.82) is 0 Å². The number of sulfonamides is 1. The molecular formula is C25H30ClN5O3S. The summed E-state index contributed by atoms with van der Waals surface area (Å²) in [5, 5.41) is 10.4. The third-order valence-corrected chi connectivity index (χ3v) is 8.51. The second kappa shape index (κ2) is 10.9. The fourth-order valence-electron chi connectivity index (χ4n) is 4.57. The molecule has 2 heterocycles. The lowest BCUT2D eigenvalue weighted by Gasteiger charge is -2.30. The molecule has 35 heavy (non-hydrogen) atoms. The van der Waals surface area contributed by atoms with Crippen molar-refractivity contribution >= 4 is 27.5 Å². The van der Waals surface area contributed by atoms with E-state index in [0.717, 1.165) is 11.1 Å². The number of carbonyl (C=O) groups excluding carboxylic acids is 1. The number of benzene rings is 2. The van der Waals surface area contributed by atoms with Crippen LogP contribution in [0.25, 0.3) is 0 Å². The first-order chi connectivity index (χ1) is 16.8. The monoisotopic (exact) mass is 515 g/mol. The molecular weight excluding hydrogens is 486 g/mol. The van der Waals surface area contributed by atoms with Crippen molar-refractivity contribution in [3.8, 4) is 0 Å². The van der Waals surface area contributed by atoms with Gasteiger partial charge in [0.1, 0.15) is 10.0 Å². The molecule has 186 valence electrons. The molecule has 2 aromatic carbocycles. The predicted molar refractivity (Wildman–Crippen MR) is 136 cm³/mol. The minimum Gasteiger partial charge on any atom is -0.355 e. The number of rotatable bonds is 8. The van der Waals surface area contributed by atoms with Crippen LogP contribution < -0.4 is 15.4 Å². The number of piperidine rings is 1. The minimum atomic E-state index is -3.88. The number of nitrogens with zero attached hydrogens (tertiary/aromatic N) is 2. The Morgan fingerprint density at radius 1 is 1.11 bits per heavy atom. The van der Waals surface area contributed by atoms with Crippen LogP contribution >= 0.6 is 11.6 Å². The van der Waals surface area contributed by atoms with Gasteiger partial charge < -0.3 is 10.6 Å². The van der Waals surface area contributed by atoms with Gasteiger partial charge in [0.05, 0.1) is 11.6 Å². The molecule has 2 atom stereocenters. The van der Waals surface area contributed by atoms with Crippen molar-refractivity contribution in [2.24, 2.45) is 13.0 Å². The van der Waals surface area contributed by atoms with Gasteiger partial charge in [0.25, 0.3) is 0 Å². The summed E-state index contributed by atoms with van der Waals surface area (Å²) in [6.07, 6.45) is 0.385. The molecule has 2 unspecified atom stereocenters. The summed E-state index contributed by atoms with van der Waals surface area (Å²) >= 11 is 6.17. The fraction of sp³-hybridized carbons (Fsp3) is 0.360. The summed E-state index contributed by atoms with van der Waals surface area (Å²) in [5.41, 5.74) is 2.57. The van der Waals surface area contributed by atoms with Gasteiger partial charge in [0.15, 0.2) is 0 Å². The standard InChI is InChI=1S/C25H30ClN5O3S/c1-17-23(24(26)31(2)29-17)35(33,34)30-21-13-20(14-27-15-21)25(32)28-16-22(18-9-5-3-6-10-18)19-11-7-4-8-12-19/h3-12,20-22,27,30H,13-16H2,1-2H3,(H,28,32). The zero-order valence-electron chi connectivity index (χ0n) is 19.7. The maximum atomic E-state index is 13.1. The molecule has 0 saturated carbocycles. The Morgan fingerprint density at radius 3 is 2.26 bits per heavy atom. The molecule has 1 aliphatic rings. The van der Waals surface area contributed by atoms with Gasteiger partial charge in [0.2, 0.25) is 15.9 Å². The van der Waals surface area contributed by atoms with Crippen LogP contribution in [0.15, 0.2) is 65.6 Å². The first-order valence-corrected chi connectivity index (χ1v) is 13.4. The van der Waals surface area contributed by atoms with Crippen molar-refractivity contribution in [2.75, 3.05) is 19.6 Å². The highest BCUT2D eigenvalue weighted by molar-refractivity contribution is 7.89. The molecule has 10 heteroatoms. The number of amides is 1. The summed E-state index contributed by atoms with van der Waals surface area (Å²) in [5.74, 6) is -0.453. The molecule has 0 radical (unpaired) electrons. The molecule has 0 spiro atoms. The summed E-state index contributed by atoms with van der Waals surface area (Å²) < 4.78 is 30.0. The normalized spacial score (nSPS) is 18.5. The van der Waals surface area contributed by atoms with Crippen LogP contribution in [-0.2, 0) is 21.9 Å². The molecule has 0 aliphatic carbocycles. The van der Waals surface area contributed by atoms with E-state index >= 15 is 0 Å². The summed E-state index contributed by atoms with van der Waals surface area (Å²) in [6, 6.07) is 19.7. The van der Waals surface area contributed by atoms with E-state index in [1.807, 2.05) is 36.4 Å². The number of hydrogen-bond donors (Lipinski definition) is 3. The number of aryl methyl sites for hydroxylation is 2. The molecule has 1 fully saturated rings. The average Bonchev–Trinajstić information content (AvgIpc) is 3.12. The fourth-order valence-corrected chi connectivity index (χ4v) is 6.57. The lowest BCUT2D eigenvalue weighted by atomic mass is 9.90. The average molecular weight is 516 g/mol. The van der Waals surface area contributed by atoms with E-state index in [-0.39, 0.29) is 27.8 Å². The number of halogens is 1. The molecule has 8 nitrogen and oxygen atoms in total. The quantitative estimate of drug-likeness (QED) is 0.427. The highest BCUT2D eigenvalue weighted by Gasteiger charge is 2.33. The van der Waals surface area contributed by atoms with Gasteiger partial charge in [-0.05, 0) is 24.5 Å². The van der Waals surface area contributed by atoms with Crippen LogP contribution in [0.4, 0.5) is 0 Å². The van der Waals surface area contributed by atoms with E-state index < -0.39 is 16.1 Å². The van der Waals surface area contributed by atoms with Gasteiger partial charge in [-0.3, -0.25) is 9.48 Å². The Balaban J connectivity index is 1.41. The van der Waals surface area contributed by atoms with E-state index in [4.69, 9.17) is 11.6 Å². The summed E-state index contributed by atoms with van der Waals surface area (Å²) in [6.45, 7) is 2.96. The maximum absolute atomic E-state index is 13.1. The summed E-state index contributed by atoms with van der Waals surface area (Å²) in [4.78, 5) is 13.1. The van der Waals surface area contributed by atoms with Gasteiger partial charge in [-0.2, -0.15) is 5.10 Å². The van der Waals surface area contributed by atoms with Crippen molar-refractivity contribution in [1.82, 2.24) is 25.1 Å². The number of aromatic nitrogens is 2. The van der Waals surface area contributed by atoms with E-state index in [2.05, 4.69) is 44.7 Å². The Morgan fingerprint density at radius 2 is 1.71 bits per heavy atom. The van der Waals surface area contributed by atoms with E-state index in [1.54, 1.807) is 14.0 Å². The van der Waals surface area contributed by atoms with Crippen molar-refractivity contribution in [2.45, 2.75) is 30.2 Å². The van der Waals surface area contributed by atoms with Crippen LogP contribution in [0.5, 0.6) is 0 Å². The van der Waals surface area contributed by atoms with E-state index in [1.165, 1.54) is 4.68 Å². The van der Waals surface area contributed by atoms with Gasteiger partial charge in [-0.1, -0.05) is 72.3 Å². The van der Waals surface area contributed by atoms with Gasteiger partial charge >= 0.3 is 0 Å². The number of hydrogen-bond acceptors (Lipinski definition) is 5. The smallest absolute Gasteiger partial charge is 0.245 e. The second-order valence-electron chi connectivity index (χ2n) is 8.86. The van der Waals surface area contributed by atoms with Gasteiger partial charge in [0, 0.05) is 38.6 Å². The molecule has 3 aromatic rings. The van der Waals surface area contributed by atoms with Gasteiger partial charge in [-0.25, -0.2) is 13.1 Å². The van der Waals surface area contributed by atoms with Crippen LogP contribution in [0, 0.1) is 12.8 Å². The third-order valence-electron chi connectivity index (χ3n) is 6.30. The van der Waals surface area contributed by atoms with E-state index in [9.17, 15) is 13.2 Å². The molecule has 1 aliphatic heterocycles. The first kappa shape index (κ1) is 25.4. The first-order valence-electron chi connectivity index (χ1n) is 11.6. The van der Waals surface area contributed by atoms with Crippen molar-refractivity contribution in [3.05, 3.63) is 82.6 Å². The minimum absolute atomic E-state index is 0.0166. The summed E-state index contributed by atoms with van der Waals surface area (Å²) in [7, 11) is -2.29. The Bertz CT molecular complexity index is 1230. The lowest BCUT2D eigenvalue weighted by Crippen LogP contribution is -2.52. The number of carbonyl (C=O) groups is 1. The molecule has 0 bridgehead atoms. The highest BCUT2D eigenvalue weighted by Crippen LogP contribution is 2.26. The van der Waals surface area contributed by atoms with Crippen molar-refractivity contribution in [3.63, 3.8) is 0 Å². The highest BCUT2D eigenvalue weighted by atomic mass is 35.5. The van der Waals surface area contributed by atoms with Crippen LogP contribution in [0.2, 0.25) is 5.15 Å². The van der Waals surface area contributed by atoms with Gasteiger partial charge in [-0.15, -0.1) is 0 Å². The predicted octanol–water partition coefficient (Wildman–Crippen LogP) is 2.59. The Labute approximate surface area is 211 Å². The Kier molecular flexibility index (Phi) is 7.91. The second-order valence-corrected chi connectivity index (χ2v) is 10.9. The van der Waals surface area contributed by atoms with Crippen LogP contribution in [0.1, 0.15) is 29.2 Å². The maximum Gasteiger partial charge on any atom is 0.245 e.